The third-order valence-electron chi connectivity index (χ3n) is 3.01. The van der Waals surface area contributed by atoms with E-state index < -0.39 is 32.2 Å². The standard InChI is InChI=1S/C12H15N3O4S2/c1-8(9-5-4-6-20-9)13-21(18,19)10-7-14(2)12(17)15(3)11(10)16/h4-8,13H,1-3H3/t8-/m1/s1. The van der Waals surface area contributed by atoms with Gasteiger partial charge in [0.05, 0.1) is 6.04 Å². The van der Waals surface area contributed by atoms with Crippen LogP contribution in [0.25, 0.3) is 0 Å². The van der Waals surface area contributed by atoms with Gasteiger partial charge in [0.25, 0.3) is 5.56 Å². The third kappa shape index (κ3) is 2.99. The molecule has 0 saturated heterocycles. The lowest BCUT2D eigenvalue weighted by Gasteiger charge is -2.13. The van der Waals surface area contributed by atoms with Crippen LogP contribution in [0.3, 0.4) is 0 Å². The highest BCUT2D eigenvalue weighted by Crippen LogP contribution is 2.19. The monoisotopic (exact) mass is 329 g/mol. The second kappa shape index (κ2) is 5.58. The van der Waals surface area contributed by atoms with E-state index in [9.17, 15) is 18.0 Å². The van der Waals surface area contributed by atoms with Crippen molar-refractivity contribution in [1.82, 2.24) is 13.9 Å². The lowest BCUT2D eigenvalue weighted by Crippen LogP contribution is -2.41. The maximum atomic E-state index is 12.3. The van der Waals surface area contributed by atoms with Crippen LogP contribution >= 0.6 is 11.3 Å². The molecule has 0 saturated carbocycles. The zero-order valence-corrected chi connectivity index (χ0v) is 13.4. The van der Waals surface area contributed by atoms with Crippen LogP contribution in [0.1, 0.15) is 17.8 Å². The summed E-state index contributed by atoms with van der Waals surface area (Å²) >= 11 is 1.41. The highest BCUT2D eigenvalue weighted by atomic mass is 32.2. The van der Waals surface area contributed by atoms with Crippen molar-refractivity contribution < 1.29 is 8.42 Å². The lowest BCUT2D eigenvalue weighted by atomic mass is 10.3. The average molecular weight is 329 g/mol. The third-order valence-corrected chi connectivity index (χ3v) is 5.58. The van der Waals surface area contributed by atoms with Gasteiger partial charge in [-0.2, -0.15) is 0 Å². The number of nitrogens with zero attached hydrogens (tertiary/aromatic N) is 2. The van der Waals surface area contributed by atoms with Crippen molar-refractivity contribution >= 4 is 21.4 Å². The summed E-state index contributed by atoms with van der Waals surface area (Å²) in [7, 11) is -1.38. The fourth-order valence-corrected chi connectivity index (χ4v) is 4.04. The van der Waals surface area contributed by atoms with Gasteiger partial charge in [-0.3, -0.25) is 9.36 Å². The van der Waals surface area contributed by atoms with Gasteiger partial charge in [-0.1, -0.05) is 6.07 Å². The first-order valence-electron chi connectivity index (χ1n) is 6.06. The SMILES string of the molecule is C[C@@H](NS(=O)(=O)c1cn(C)c(=O)n(C)c1=O)c1cccs1. The molecule has 0 aliphatic rings. The molecule has 2 rings (SSSR count). The van der Waals surface area contributed by atoms with E-state index in [0.29, 0.717) is 0 Å². The van der Waals surface area contributed by atoms with Crippen LogP contribution in [0, 0.1) is 0 Å². The Balaban J connectivity index is 2.46. The Kier molecular flexibility index (Phi) is 4.17. The fraction of sp³-hybridized carbons (Fsp3) is 0.333. The van der Waals surface area contributed by atoms with Gasteiger partial charge >= 0.3 is 5.69 Å². The molecular weight excluding hydrogens is 314 g/mol. The summed E-state index contributed by atoms with van der Waals surface area (Å²) in [5, 5.41) is 1.84. The summed E-state index contributed by atoms with van der Waals surface area (Å²) in [6, 6.07) is 3.16. The van der Waals surface area contributed by atoms with Gasteiger partial charge in [0.1, 0.15) is 0 Å². The number of aryl methyl sites for hydroxylation is 1. The predicted molar refractivity (Wildman–Crippen MR) is 80.0 cm³/mol. The molecule has 2 aromatic rings. The minimum atomic E-state index is -4.01. The van der Waals surface area contributed by atoms with E-state index in [1.165, 1.54) is 25.4 Å². The molecule has 0 amide bonds. The number of rotatable bonds is 4. The Bertz CT molecular complexity index is 863. The van der Waals surface area contributed by atoms with Crippen molar-refractivity contribution in [3.05, 3.63) is 49.4 Å². The quantitative estimate of drug-likeness (QED) is 0.867. The van der Waals surface area contributed by atoms with Crippen LogP contribution in [0.4, 0.5) is 0 Å². The number of hydrogen-bond acceptors (Lipinski definition) is 5. The molecule has 0 fully saturated rings. The van der Waals surface area contributed by atoms with Crippen molar-refractivity contribution in [2.45, 2.75) is 17.9 Å². The van der Waals surface area contributed by atoms with Crippen molar-refractivity contribution in [2.24, 2.45) is 14.1 Å². The van der Waals surface area contributed by atoms with Crippen LogP contribution in [-0.2, 0) is 24.1 Å². The molecule has 2 aromatic heterocycles. The molecule has 0 aliphatic carbocycles. The van der Waals surface area contributed by atoms with Crippen molar-refractivity contribution in [3.8, 4) is 0 Å². The molecule has 2 heterocycles. The van der Waals surface area contributed by atoms with Gasteiger partial charge in [-0.25, -0.2) is 17.9 Å². The van der Waals surface area contributed by atoms with Gasteiger partial charge in [0, 0.05) is 25.2 Å². The Morgan fingerprint density at radius 3 is 2.52 bits per heavy atom. The maximum Gasteiger partial charge on any atom is 0.330 e. The Hall–Kier alpha value is -1.71. The molecule has 0 aromatic carbocycles. The Labute approximate surface area is 125 Å². The predicted octanol–water partition coefficient (Wildman–Crippen LogP) is 0.185. The summed E-state index contributed by atoms with van der Waals surface area (Å²) in [6.07, 6.45) is 1.04. The van der Waals surface area contributed by atoms with E-state index in [-0.39, 0.29) is 0 Å². The zero-order chi connectivity index (χ0) is 15.8. The first kappa shape index (κ1) is 15.7. The summed E-state index contributed by atoms with van der Waals surface area (Å²) in [5.41, 5.74) is -1.42. The van der Waals surface area contributed by atoms with E-state index >= 15 is 0 Å². The first-order chi connectivity index (χ1) is 9.74. The minimum Gasteiger partial charge on any atom is -0.302 e. The second-order valence-corrected chi connectivity index (χ2v) is 7.27. The van der Waals surface area contributed by atoms with Gasteiger partial charge < -0.3 is 4.57 Å². The number of nitrogens with one attached hydrogen (secondary N) is 1. The van der Waals surface area contributed by atoms with E-state index in [4.69, 9.17) is 0 Å². The van der Waals surface area contributed by atoms with E-state index in [1.807, 2.05) is 11.4 Å². The van der Waals surface area contributed by atoms with E-state index in [1.54, 1.807) is 13.0 Å². The van der Waals surface area contributed by atoms with Crippen molar-refractivity contribution in [3.63, 3.8) is 0 Å². The molecule has 0 aliphatic heterocycles. The summed E-state index contributed by atoms with van der Waals surface area (Å²) in [4.78, 5) is 24.0. The van der Waals surface area contributed by atoms with Gasteiger partial charge in [-0.15, -0.1) is 11.3 Å². The zero-order valence-electron chi connectivity index (χ0n) is 11.7. The average Bonchev–Trinajstić information content (AvgIpc) is 2.94. The summed E-state index contributed by atoms with van der Waals surface area (Å²) in [5.74, 6) is 0. The Morgan fingerprint density at radius 1 is 1.29 bits per heavy atom. The number of hydrogen-bond donors (Lipinski definition) is 1. The highest BCUT2D eigenvalue weighted by Gasteiger charge is 2.24. The van der Waals surface area contributed by atoms with Crippen molar-refractivity contribution in [2.75, 3.05) is 0 Å². The van der Waals surface area contributed by atoms with Gasteiger partial charge in [-0.05, 0) is 18.4 Å². The minimum absolute atomic E-state index is 0.449. The molecule has 0 spiro atoms. The molecule has 114 valence electrons. The second-order valence-electron chi connectivity index (χ2n) is 4.61. The first-order valence-corrected chi connectivity index (χ1v) is 8.42. The van der Waals surface area contributed by atoms with Crippen LogP contribution in [0.15, 0.2) is 38.2 Å². The topological polar surface area (TPSA) is 90.2 Å². The number of sulfonamides is 1. The van der Waals surface area contributed by atoms with Crippen LogP contribution in [0.2, 0.25) is 0 Å². The van der Waals surface area contributed by atoms with Crippen molar-refractivity contribution in [1.29, 1.82) is 0 Å². The van der Waals surface area contributed by atoms with Crippen LogP contribution in [-0.4, -0.2) is 17.6 Å². The molecular formula is C12H15N3O4S2. The molecule has 1 N–H and O–H groups in total. The molecule has 0 bridgehead atoms. The molecule has 0 radical (unpaired) electrons. The van der Waals surface area contributed by atoms with Crippen LogP contribution < -0.4 is 16.0 Å². The molecule has 9 heteroatoms. The number of thiophene rings is 1. The fourth-order valence-electron chi connectivity index (χ4n) is 1.85. The van der Waals surface area contributed by atoms with Gasteiger partial charge in [0.2, 0.25) is 10.0 Å². The van der Waals surface area contributed by atoms with E-state index in [0.717, 1.165) is 20.2 Å². The highest BCUT2D eigenvalue weighted by molar-refractivity contribution is 7.89. The number of aromatic nitrogens is 2. The normalized spacial score (nSPS) is 13.3. The largest absolute Gasteiger partial charge is 0.330 e. The molecule has 7 nitrogen and oxygen atoms in total. The Morgan fingerprint density at radius 2 is 1.95 bits per heavy atom. The summed E-state index contributed by atoms with van der Waals surface area (Å²) in [6.45, 7) is 1.69. The van der Waals surface area contributed by atoms with E-state index in [2.05, 4.69) is 4.72 Å². The smallest absolute Gasteiger partial charge is 0.302 e. The summed E-state index contributed by atoms with van der Waals surface area (Å²) < 4.78 is 29.0. The molecule has 0 unspecified atom stereocenters. The lowest BCUT2D eigenvalue weighted by molar-refractivity contribution is 0.559. The molecule has 1 atom stereocenters. The van der Waals surface area contributed by atoms with Gasteiger partial charge in [0.15, 0.2) is 4.90 Å². The maximum absolute atomic E-state index is 12.3. The van der Waals surface area contributed by atoms with Crippen LogP contribution in [0.5, 0.6) is 0 Å². The molecule has 21 heavy (non-hydrogen) atoms.